The lowest BCUT2D eigenvalue weighted by Crippen LogP contribution is -2.50. The predicted molar refractivity (Wildman–Crippen MR) is 119 cm³/mol. The molecule has 0 unspecified atom stereocenters. The van der Waals surface area contributed by atoms with Crippen molar-refractivity contribution < 1.29 is 14.0 Å². The Hall–Kier alpha value is -2.34. The molecule has 1 saturated carbocycles. The van der Waals surface area contributed by atoms with Crippen LogP contribution in [0.25, 0.3) is 0 Å². The van der Waals surface area contributed by atoms with Gasteiger partial charge >= 0.3 is 0 Å². The van der Waals surface area contributed by atoms with Crippen LogP contribution in [0.4, 0.5) is 4.39 Å². The molecule has 1 atom stereocenters. The molecule has 2 amide bonds. The number of benzene rings is 2. The van der Waals surface area contributed by atoms with Crippen LogP contribution in [0.3, 0.4) is 0 Å². The van der Waals surface area contributed by atoms with Crippen LogP contribution in [-0.4, -0.2) is 34.6 Å². The van der Waals surface area contributed by atoms with Crippen LogP contribution in [-0.2, 0) is 16.1 Å². The molecule has 0 aliphatic heterocycles. The summed E-state index contributed by atoms with van der Waals surface area (Å²) in [5, 5.41) is 3.09. The van der Waals surface area contributed by atoms with E-state index < -0.39 is 6.04 Å². The highest BCUT2D eigenvalue weighted by Gasteiger charge is 2.28. The lowest BCUT2D eigenvalue weighted by molar-refractivity contribution is -0.139. The van der Waals surface area contributed by atoms with Gasteiger partial charge in [0.1, 0.15) is 11.9 Å². The lowest BCUT2D eigenvalue weighted by atomic mass is 9.95. The second-order valence-corrected chi connectivity index (χ2v) is 8.78. The molecule has 2 aromatic carbocycles. The number of hydrogen-bond donors (Lipinski definition) is 1. The Labute approximate surface area is 182 Å². The van der Waals surface area contributed by atoms with Crippen molar-refractivity contribution in [1.82, 2.24) is 10.2 Å². The molecule has 1 fully saturated rings. The van der Waals surface area contributed by atoms with Crippen LogP contribution in [0.5, 0.6) is 0 Å². The Morgan fingerprint density at radius 3 is 2.43 bits per heavy atom. The molecule has 3 rings (SSSR count). The average Bonchev–Trinajstić information content (AvgIpc) is 2.78. The normalized spacial score (nSPS) is 15.4. The quantitative estimate of drug-likeness (QED) is 0.616. The van der Waals surface area contributed by atoms with Gasteiger partial charge in [-0.1, -0.05) is 55.7 Å². The van der Waals surface area contributed by atoms with E-state index in [2.05, 4.69) is 5.32 Å². The molecular weight excluding hydrogens is 399 g/mol. The molecule has 2 aromatic rings. The maximum Gasteiger partial charge on any atom is 0.242 e. The van der Waals surface area contributed by atoms with Gasteiger partial charge in [0.15, 0.2) is 0 Å². The molecule has 1 aliphatic rings. The van der Waals surface area contributed by atoms with Gasteiger partial charge in [0.05, 0.1) is 5.75 Å². The van der Waals surface area contributed by atoms with Crippen LogP contribution >= 0.6 is 11.8 Å². The number of thioether (sulfide) groups is 1. The molecule has 4 nitrogen and oxygen atoms in total. The van der Waals surface area contributed by atoms with E-state index in [0.717, 1.165) is 30.6 Å². The summed E-state index contributed by atoms with van der Waals surface area (Å²) >= 11 is 1.42. The van der Waals surface area contributed by atoms with Crippen molar-refractivity contribution in [2.24, 2.45) is 0 Å². The van der Waals surface area contributed by atoms with Crippen molar-refractivity contribution in [2.75, 3.05) is 5.75 Å². The van der Waals surface area contributed by atoms with E-state index in [0.29, 0.717) is 5.56 Å². The van der Waals surface area contributed by atoms with Crippen LogP contribution in [0.1, 0.15) is 44.6 Å². The minimum absolute atomic E-state index is 0.0696. The highest BCUT2D eigenvalue weighted by molar-refractivity contribution is 8.00. The topological polar surface area (TPSA) is 49.4 Å². The number of hydrogen-bond acceptors (Lipinski definition) is 3. The van der Waals surface area contributed by atoms with Crippen LogP contribution in [0, 0.1) is 5.82 Å². The summed E-state index contributed by atoms with van der Waals surface area (Å²) in [5.41, 5.74) is 0.410. The minimum atomic E-state index is -0.671. The van der Waals surface area contributed by atoms with Gasteiger partial charge in [-0.15, -0.1) is 11.8 Å². The maximum atomic E-state index is 14.3. The third-order valence-electron chi connectivity index (χ3n) is 5.52. The van der Waals surface area contributed by atoms with Gasteiger partial charge in [0.25, 0.3) is 0 Å². The molecule has 0 saturated heterocycles. The molecule has 160 valence electrons. The molecule has 1 N–H and O–H groups in total. The summed E-state index contributed by atoms with van der Waals surface area (Å²) in [5.74, 6) is -0.528. The number of nitrogens with zero attached hydrogens (tertiary/aromatic N) is 1. The van der Waals surface area contributed by atoms with E-state index in [9.17, 15) is 14.0 Å². The second kappa shape index (κ2) is 11.2. The Bertz CT molecular complexity index is 840. The van der Waals surface area contributed by atoms with Gasteiger partial charge in [-0.25, -0.2) is 4.39 Å². The molecule has 0 spiro atoms. The standard InChI is InChI=1S/C24H29FN2O2S/c1-18(24(29)26-20-11-4-2-5-12-20)27(16-19-10-8-9-15-22(19)25)23(28)17-30-21-13-6-3-7-14-21/h3,6-10,13-15,18,20H,2,4-5,11-12,16-17H2,1H3,(H,26,29)/t18-/m1/s1. The van der Waals surface area contributed by atoms with Crippen LogP contribution < -0.4 is 5.32 Å². The van der Waals surface area contributed by atoms with Crippen molar-refractivity contribution in [3.63, 3.8) is 0 Å². The van der Waals surface area contributed by atoms with Crippen molar-refractivity contribution in [3.05, 3.63) is 66.0 Å². The number of carbonyl (C=O) groups is 2. The summed E-state index contributed by atoms with van der Waals surface area (Å²) < 4.78 is 14.3. The lowest BCUT2D eigenvalue weighted by Gasteiger charge is -2.31. The number of halogens is 1. The molecule has 0 aromatic heterocycles. The van der Waals surface area contributed by atoms with Gasteiger partial charge in [0.2, 0.25) is 11.8 Å². The first kappa shape index (κ1) is 22.3. The van der Waals surface area contributed by atoms with Crippen molar-refractivity contribution in [2.45, 2.75) is 62.6 Å². The Balaban J connectivity index is 1.71. The highest BCUT2D eigenvalue weighted by Crippen LogP contribution is 2.21. The van der Waals surface area contributed by atoms with E-state index >= 15 is 0 Å². The first-order chi connectivity index (χ1) is 14.5. The maximum absolute atomic E-state index is 14.3. The Morgan fingerprint density at radius 1 is 1.07 bits per heavy atom. The summed E-state index contributed by atoms with van der Waals surface area (Å²) in [6.07, 6.45) is 5.39. The van der Waals surface area contributed by atoms with Gasteiger partial charge in [0, 0.05) is 23.0 Å². The number of carbonyl (C=O) groups excluding carboxylic acids is 2. The minimum Gasteiger partial charge on any atom is -0.352 e. The third-order valence-corrected chi connectivity index (χ3v) is 6.52. The summed E-state index contributed by atoms with van der Waals surface area (Å²) in [6.45, 7) is 1.80. The van der Waals surface area contributed by atoms with E-state index in [1.165, 1.54) is 29.1 Å². The monoisotopic (exact) mass is 428 g/mol. The highest BCUT2D eigenvalue weighted by atomic mass is 32.2. The first-order valence-electron chi connectivity index (χ1n) is 10.6. The van der Waals surface area contributed by atoms with Gasteiger partial charge < -0.3 is 10.2 Å². The van der Waals surface area contributed by atoms with Crippen molar-refractivity contribution >= 4 is 23.6 Å². The molecule has 6 heteroatoms. The van der Waals surface area contributed by atoms with Gasteiger partial charge in [-0.05, 0) is 38.0 Å². The molecule has 0 bridgehead atoms. The fourth-order valence-corrected chi connectivity index (χ4v) is 4.51. The largest absolute Gasteiger partial charge is 0.352 e. The van der Waals surface area contributed by atoms with Crippen molar-refractivity contribution in [3.8, 4) is 0 Å². The molecule has 0 heterocycles. The third kappa shape index (κ3) is 6.33. The summed E-state index contributed by atoms with van der Waals surface area (Å²) in [7, 11) is 0. The zero-order valence-corrected chi connectivity index (χ0v) is 18.2. The van der Waals surface area contributed by atoms with E-state index in [1.54, 1.807) is 25.1 Å². The first-order valence-corrected chi connectivity index (χ1v) is 11.5. The molecular formula is C24H29FN2O2S. The van der Waals surface area contributed by atoms with Crippen molar-refractivity contribution in [1.29, 1.82) is 0 Å². The van der Waals surface area contributed by atoms with Gasteiger partial charge in [-0.3, -0.25) is 9.59 Å². The Morgan fingerprint density at radius 2 is 1.73 bits per heavy atom. The summed E-state index contributed by atoms with van der Waals surface area (Å²) in [6, 6.07) is 15.5. The predicted octanol–water partition coefficient (Wildman–Crippen LogP) is 4.78. The smallest absolute Gasteiger partial charge is 0.242 e. The molecule has 30 heavy (non-hydrogen) atoms. The zero-order valence-electron chi connectivity index (χ0n) is 17.4. The zero-order chi connectivity index (χ0) is 21.3. The molecule has 0 radical (unpaired) electrons. The SMILES string of the molecule is C[C@H](C(=O)NC1CCCCC1)N(Cc1ccccc1F)C(=O)CSc1ccccc1. The number of rotatable bonds is 8. The van der Waals surface area contributed by atoms with E-state index in [1.807, 2.05) is 30.3 Å². The van der Waals surface area contributed by atoms with Crippen LogP contribution in [0.2, 0.25) is 0 Å². The van der Waals surface area contributed by atoms with E-state index in [4.69, 9.17) is 0 Å². The summed E-state index contributed by atoms with van der Waals surface area (Å²) in [4.78, 5) is 28.4. The fourth-order valence-electron chi connectivity index (χ4n) is 3.71. The molecule has 1 aliphatic carbocycles. The number of amides is 2. The van der Waals surface area contributed by atoms with Gasteiger partial charge in [-0.2, -0.15) is 0 Å². The Kier molecular flexibility index (Phi) is 8.31. The van der Waals surface area contributed by atoms with Crippen LogP contribution in [0.15, 0.2) is 59.5 Å². The fraction of sp³-hybridized carbons (Fsp3) is 0.417. The number of nitrogens with one attached hydrogen (secondary N) is 1. The van der Waals surface area contributed by atoms with E-state index in [-0.39, 0.29) is 36.0 Å². The average molecular weight is 429 g/mol. The second-order valence-electron chi connectivity index (χ2n) is 7.73.